The third-order valence-electron chi connectivity index (χ3n) is 4.48. The molecule has 118 valence electrons. The highest BCUT2D eigenvalue weighted by Crippen LogP contribution is 2.28. The smallest absolute Gasteiger partial charge is 0.242 e. The normalized spacial score (nSPS) is 26.4. The zero-order chi connectivity index (χ0) is 12.6. The standard InChI is InChI=1S/C13H23N3O2.2ClH/c14-13(3-9-18-10-4-13)12(17)16-7-5-15(6-8-16)11-1-2-11;;/h11H,1-10,14H2;2*1H. The lowest BCUT2D eigenvalue weighted by Gasteiger charge is -2.41. The van der Waals surface area contributed by atoms with Crippen LogP contribution >= 0.6 is 24.8 Å². The number of piperazine rings is 1. The van der Waals surface area contributed by atoms with Crippen LogP contribution < -0.4 is 5.73 Å². The van der Waals surface area contributed by atoms with Gasteiger partial charge in [-0.2, -0.15) is 0 Å². The first-order valence-corrected chi connectivity index (χ1v) is 7.09. The van der Waals surface area contributed by atoms with Crippen LogP contribution in [0.25, 0.3) is 0 Å². The van der Waals surface area contributed by atoms with Gasteiger partial charge in [0, 0.05) is 45.4 Å². The molecule has 1 amide bonds. The third-order valence-corrected chi connectivity index (χ3v) is 4.48. The molecule has 2 aliphatic heterocycles. The Morgan fingerprint density at radius 1 is 1.05 bits per heavy atom. The van der Waals surface area contributed by atoms with Crippen molar-refractivity contribution in [3.8, 4) is 0 Å². The van der Waals surface area contributed by atoms with Crippen molar-refractivity contribution in [2.45, 2.75) is 37.3 Å². The highest BCUT2D eigenvalue weighted by molar-refractivity contribution is 5.86. The lowest BCUT2D eigenvalue weighted by molar-refractivity contribution is -0.142. The summed E-state index contributed by atoms with van der Waals surface area (Å²) >= 11 is 0. The van der Waals surface area contributed by atoms with Crippen molar-refractivity contribution >= 4 is 30.7 Å². The van der Waals surface area contributed by atoms with Crippen molar-refractivity contribution in [2.24, 2.45) is 5.73 Å². The number of hydrogen-bond donors (Lipinski definition) is 1. The van der Waals surface area contributed by atoms with Gasteiger partial charge in [-0.25, -0.2) is 0 Å². The van der Waals surface area contributed by atoms with E-state index in [2.05, 4.69) is 4.90 Å². The van der Waals surface area contributed by atoms with Crippen molar-refractivity contribution in [1.82, 2.24) is 9.80 Å². The fourth-order valence-corrected chi connectivity index (χ4v) is 2.99. The molecule has 20 heavy (non-hydrogen) atoms. The van der Waals surface area contributed by atoms with Gasteiger partial charge in [0.1, 0.15) is 0 Å². The molecular weight excluding hydrogens is 301 g/mol. The fourth-order valence-electron chi connectivity index (χ4n) is 2.99. The van der Waals surface area contributed by atoms with E-state index < -0.39 is 5.54 Å². The summed E-state index contributed by atoms with van der Waals surface area (Å²) in [5, 5.41) is 0. The molecule has 2 saturated heterocycles. The molecule has 0 spiro atoms. The monoisotopic (exact) mass is 325 g/mol. The minimum absolute atomic E-state index is 0. The van der Waals surface area contributed by atoms with E-state index in [0.717, 1.165) is 32.2 Å². The van der Waals surface area contributed by atoms with Gasteiger partial charge in [-0.3, -0.25) is 9.69 Å². The van der Waals surface area contributed by atoms with Gasteiger partial charge in [-0.15, -0.1) is 24.8 Å². The molecule has 0 atom stereocenters. The molecular formula is C13H25Cl2N3O2. The van der Waals surface area contributed by atoms with E-state index in [-0.39, 0.29) is 30.7 Å². The molecule has 5 nitrogen and oxygen atoms in total. The van der Waals surface area contributed by atoms with Gasteiger partial charge < -0.3 is 15.4 Å². The van der Waals surface area contributed by atoms with Gasteiger partial charge in [0.15, 0.2) is 0 Å². The summed E-state index contributed by atoms with van der Waals surface area (Å²) in [5.74, 6) is 0.140. The van der Waals surface area contributed by atoms with Crippen molar-refractivity contribution in [3.05, 3.63) is 0 Å². The van der Waals surface area contributed by atoms with E-state index in [4.69, 9.17) is 10.5 Å². The first-order valence-electron chi connectivity index (χ1n) is 7.09. The third kappa shape index (κ3) is 3.77. The molecule has 2 heterocycles. The van der Waals surface area contributed by atoms with Gasteiger partial charge in [0.25, 0.3) is 0 Å². The van der Waals surface area contributed by atoms with E-state index in [0.29, 0.717) is 26.1 Å². The largest absolute Gasteiger partial charge is 0.381 e. The lowest BCUT2D eigenvalue weighted by Crippen LogP contribution is -2.61. The summed E-state index contributed by atoms with van der Waals surface area (Å²) in [6.07, 6.45) is 4.00. The van der Waals surface area contributed by atoms with Crippen LogP contribution in [-0.2, 0) is 9.53 Å². The van der Waals surface area contributed by atoms with Crippen LogP contribution in [0.5, 0.6) is 0 Å². The first-order chi connectivity index (χ1) is 8.69. The van der Waals surface area contributed by atoms with Crippen LogP contribution in [0.4, 0.5) is 0 Å². The molecule has 0 aromatic heterocycles. The van der Waals surface area contributed by atoms with Crippen LogP contribution in [-0.4, -0.2) is 66.7 Å². The predicted molar refractivity (Wildman–Crippen MR) is 82.6 cm³/mol. The van der Waals surface area contributed by atoms with E-state index in [9.17, 15) is 4.79 Å². The van der Waals surface area contributed by atoms with E-state index >= 15 is 0 Å². The van der Waals surface area contributed by atoms with Crippen molar-refractivity contribution in [1.29, 1.82) is 0 Å². The molecule has 0 aromatic carbocycles. The Balaban J connectivity index is 0.000001000. The van der Waals surface area contributed by atoms with Gasteiger partial charge >= 0.3 is 0 Å². The maximum absolute atomic E-state index is 12.5. The SMILES string of the molecule is Cl.Cl.NC1(C(=O)N2CCN(C3CC3)CC2)CCOCC1. The number of nitrogens with two attached hydrogens (primary N) is 1. The molecule has 0 aromatic rings. The number of ether oxygens (including phenoxy) is 1. The van der Waals surface area contributed by atoms with Crippen molar-refractivity contribution in [3.63, 3.8) is 0 Å². The summed E-state index contributed by atoms with van der Waals surface area (Å²) in [6.45, 7) is 4.95. The zero-order valence-corrected chi connectivity index (χ0v) is 13.4. The van der Waals surface area contributed by atoms with Crippen LogP contribution in [0.3, 0.4) is 0 Å². The van der Waals surface area contributed by atoms with Crippen molar-refractivity contribution < 1.29 is 9.53 Å². The number of rotatable bonds is 2. The minimum Gasteiger partial charge on any atom is -0.381 e. The highest BCUT2D eigenvalue weighted by Gasteiger charge is 2.40. The Labute approximate surface area is 133 Å². The van der Waals surface area contributed by atoms with Crippen LogP contribution in [0.2, 0.25) is 0 Å². The number of nitrogens with zero attached hydrogens (tertiary/aromatic N) is 2. The maximum atomic E-state index is 12.5. The fraction of sp³-hybridized carbons (Fsp3) is 0.923. The quantitative estimate of drug-likeness (QED) is 0.809. The molecule has 3 rings (SSSR count). The molecule has 0 unspecified atom stereocenters. The van der Waals surface area contributed by atoms with Gasteiger partial charge in [0.05, 0.1) is 5.54 Å². The molecule has 1 aliphatic carbocycles. The second kappa shape index (κ2) is 7.27. The highest BCUT2D eigenvalue weighted by atomic mass is 35.5. The summed E-state index contributed by atoms with van der Waals surface area (Å²) in [7, 11) is 0. The second-order valence-electron chi connectivity index (χ2n) is 5.83. The van der Waals surface area contributed by atoms with Gasteiger partial charge in [-0.05, 0) is 25.7 Å². The van der Waals surface area contributed by atoms with E-state index in [1.807, 2.05) is 4.90 Å². The summed E-state index contributed by atoms with van der Waals surface area (Å²) in [4.78, 5) is 17.0. The summed E-state index contributed by atoms with van der Waals surface area (Å²) < 4.78 is 5.30. The van der Waals surface area contributed by atoms with Gasteiger partial charge in [-0.1, -0.05) is 0 Å². The topological polar surface area (TPSA) is 58.8 Å². The molecule has 1 saturated carbocycles. The number of halogens is 2. The Hall–Kier alpha value is -0.0700. The van der Waals surface area contributed by atoms with E-state index in [1.165, 1.54) is 12.8 Å². The number of amides is 1. The molecule has 3 aliphatic rings. The van der Waals surface area contributed by atoms with Crippen LogP contribution in [0.1, 0.15) is 25.7 Å². The second-order valence-corrected chi connectivity index (χ2v) is 5.83. The Morgan fingerprint density at radius 3 is 2.10 bits per heavy atom. The molecule has 3 fully saturated rings. The minimum atomic E-state index is -0.667. The van der Waals surface area contributed by atoms with Crippen LogP contribution in [0, 0.1) is 0 Å². The number of carbonyl (C=O) groups excluding carboxylic acids is 1. The molecule has 0 bridgehead atoms. The molecule has 2 N–H and O–H groups in total. The summed E-state index contributed by atoms with van der Waals surface area (Å²) in [6, 6.07) is 0.803. The van der Waals surface area contributed by atoms with Crippen LogP contribution in [0.15, 0.2) is 0 Å². The molecule has 0 radical (unpaired) electrons. The number of hydrogen-bond acceptors (Lipinski definition) is 4. The van der Waals surface area contributed by atoms with Gasteiger partial charge in [0.2, 0.25) is 5.91 Å². The molecule has 7 heteroatoms. The Kier molecular flexibility index (Phi) is 6.54. The lowest BCUT2D eigenvalue weighted by atomic mass is 9.89. The Bertz CT molecular complexity index is 326. The summed E-state index contributed by atoms with van der Waals surface area (Å²) in [5.41, 5.74) is 5.59. The maximum Gasteiger partial charge on any atom is 0.242 e. The van der Waals surface area contributed by atoms with E-state index in [1.54, 1.807) is 0 Å². The average molecular weight is 326 g/mol. The zero-order valence-electron chi connectivity index (χ0n) is 11.8. The average Bonchev–Trinajstić information content (AvgIpc) is 3.23. The predicted octanol–water partition coefficient (Wildman–Crippen LogP) is 0.644. The Morgan fingerprint density at radius 2 is 1.60 bits per heavy atom. The number of carbonyl (C=O) groups is 1. The van der Waals surface area contributed by atoms with Crippen molar-refractivity contribution in [2.75, 3.05) is 39.4 Å². The first kappa shape index (κ1) is 18.0.